The van der Waals surface area contributed by atoms with Crippen molar-refractivity contribution in [3.8, 4) is 11.4 Å². The fourth-order valence-corrected chi connectivity index (χ4v) is 4.52. The van der Waals surface area contributed by atoms with Crippen LogP contribution in [0.2, 0.25) is 5.02 Å². The number of anilines is 1. The van der Waals surface area contributed by atoms with E-state index in [-0.39, 0.29) is 11.3 Å². The maximum atomic E-state index is 13.2. The molecule has 1 fully saturated rings. The van der Waals surface area contributed by atoms with Gasteiger partial charge in [-0.3, -0.25) is 19.9 Å². The van der Waals surface area contributed by atoms with Crippen LogP contribution in [0.3, 0.4) is 0 Å². The van der Waals surface area contributed by atoms with Crippen LogP contribution in [0.15, 0.2) is 84.7 Å². The number of nitrogens with zero attached hydrogens (tertiary/aromatic N) is 3. The number of benzene rings is 2. The van der Waals surface area contributed by atoms with Crippen molar-refractivity contribution in [2.45, 2.75) is 20.5 Å². The first-order chi connectivity index (χ1) is 18.3. The van der Waals surface area contributed by atoms with Crippen LogP contribution in [0, 0.1) is 13.8 Å². The van der Waals surface area contributed by atoms with Gasteiger partial charge in [-0.15, -0.1) is 0 Å². The van der Waals surface area contributed by atoms with Crippen molar-refractivity contribution in [3.05, 3.63) is 112 Å². The number of halogens is 1. The van der Waals surface area contributed by atoms with Crippen molar-refractivity contribution in [2.75, 3.05) is 4.90 Å². The second-order valence-corrected chi connectivity index (χ2v) is 9.11. The zero-order valence-electron chi connectivity index (χ0n) is 20.6. The summed E-state index contributed by atoms with van der Waals surface area (Å²) in [6, 6.07) is 19.4. The number of pyridine rings is 1. The van der Waals surface area contributed by atoms with Crippen molar-refractivity contribution < 1.29 is 19.1 Å². The van der Waals surface area contributed by atoms with Crippen LogP contribution in [-0.4, -0.2) is 27.4 Å². The summed E-state index contributed by atoms with van der Waals surface area (Å²) in [6.07, 6.45) is 4.43. The number of nitrogens with one attached hydrogen (secondary N) is 1. The summed E-state index contributed by atoms with van der Waals surface area (Å²) >= 11 is 6.21. The van der Waals surface area contributed by atoms with Crippen molar-refractivity contribution in [1.29, 1.82) is 0 Å². The molecule has 4 aromatic rings. The molecule has 1 aliphatic heterocycles. The number of imide groups is 2. The summed E-state index contributed by atoms with van der Waals surface area (Å²) in [5, 5.41) is 2.89. The van der Waals surface area contributed by atoms with E-state index >= 15 is 0 Å². The molecule has 190 valence electrons. The molecule has 3 heterocycles. The third kappa shape index (κ3) is 4.81. The SMILES string of the molecule is Cc1cc(/C=C2\C(=O)NC(=O)N(c3cccnc3)C2=O)c(C)n1-c1ccc(OCc2ccccc2Cl)cc1. The van der Waals surface area contributed by atoms with Crippen LogP contribution in [0.4, 0.5) is 10.5 Å². The number of urea groups is 1. The summed E-state index contributed by atoms with van der Waals surface area (Å²) in [5.74, 6) is -0.760. The highest BCUT2D eigenvalue weighted by Gasteiger charge is 2.37. The summed E-state index contributed by atoms with van der Waals surface area (Å²) in [7, 11) is 0. The van der Waals surface area contributed by atoms with E-state index in [1.807, 2.05) is 73.0 Å². The maximum absolute atomic E-state index is 13.2. The first-order valence-corrected chi connectivity index (χ1v) is 12.2. The first-order valence-electron chi connectivity index (χ1n) is 11.8. The predicted octanol–water partition coefficient (Wildman–Crippen LogP) is 5.39. The number of carbonyl (C=O) groups excluding carboxylic acids is 3. The second-order valence-electron chi connectivity index (χ2n) is 8.70. The van der Waals surface area contributed by atoms with E-state index in [0.29, 0.717) is 22.9 Å². The summed E-state index contributed by atoms with van der Waals surface area (Å²) < 4.78 is 7.90. The standard InChI is InChI=1S/C29H23ClN4O4/c1-18-14-21(15-25-27(35)32-29(37)34(28(25)36)23-7-5-13-31-16-23)19(2)33(18)22-9-11-24(12-10-22)38-17-20-6-3-4-8-26(20)30/h3-16H,17H2,1-2H3,(H,32,35,37)/b25-15+. The molecule has 2 aromatic carbocycles. The van der Waals surface area contributed by atoms with E-state index in [1.165, 1.54) is 18.5 Å². The highest BCUT2D eigenvalue weighted by atomic mass is 35.5. The van der Waals surface area contributed by atoms with Crippen molar-refractivity contribution in [1.82, 2.24) is 14.9 Å². The van der Waals surface area contributed by atoms with Gasteiger partial charge in [-0.05, 0) is 74.0 Å². The average molecular weight is 527 g/mol. The van der Waals surface area contributed by atoms with Crippen LogP contribution in [-0.2, 0) is 16.2 Å². The highest BCUT2D eigenvalue weighted by Crippen LogP contribution is 2.27. The minimum Gasteiger partial charge on any atom is -0.489 e. The van der Waals surface area contributed by atoms with E-state index in [2.05, 4.69) is 10.3 Å². The molecule has 1 aliphatic rings. The van der Waals surface area contributed by atoms with Gasteiger partial charge in [-0.1, -0.05) is 29.8 Å². The van der Waals surface area contributed by atoms with Gasteiger partial charge in [0, 0.05) is 33.9 Å². The van der Waals surface area contributed by atoms with E-state index in [9.17, 15) is 14.4 Å². The zero-order chi connectivity index (χ0) is 26.8. The Morgan fingerprint density at radius 2 is 1.74 bits per heavy atom. The molecule has 2 aromatic heterocycles. The van der Waals surface area contributed by atoms with E-state index in [0.717, 1.165) is 27.5 Å². The molecule has 4 amide bonds. The lowest BCUT2D eigenvalue weighted by Gasteiger charge is -2.26. The van der Waals surface area contributed by atoms with Gasteiger partial charge in [0.15, 0.2) is 0 Å². The molecule has 0 spiro atoms. The van der Waals surface area contributed by atoms with Crippen LogP contribution in [0.25, 0.3) is 11.8 Å². The number of ether oxygens (including phenoxy) is 1. The molecule has 38 heavy (non-hydrogen) atoms. The van der Waals surface area contributed by atoms with Gasteiger partial charge in [0.1, 0.15) is 17.9 Å². The van der Waals surface area contributed by atoms with Gasteiger partial charge in [0.2, 0.25) is 0 Å². The number of carbonyl (C=O) groups is 3. The molecular weight excluding hydrogens is 504 g/mol. The third-order valence-electron chi connectivity index (χ3n) is 6.22. The number of rotatable bonds is 6. The first kappa shape index (κ1) is 25.0. The Kier molecular flexibility index (Phi) is 6.81. The lowest BCUT2D eigenvalue weighted by Crippen LogP contribution is -2.54. The fourth-order valence-electron chi connectivity index (χ4n) is 4.33. The number of hydrogen-bond acceptors (Lipinski definition) is 5. The van der Waals surface area contributed by atoms with Crippen LogP contribution < -0.4 is 15.0 Å². The Morgan fingerprint density at radius 3 is 2.45 bits per heavy atom. The lowest BCUT2D eigenvalue weighted by molar-refractivity contribution is -0.122. The number of hydrogen-bond donors (Lipinski definition) is 1. The minimum atomic E-state index is -0.813. The number of aromatic nitrogens is 2. The molecule has 9 heteroatoms. The predicted molar refractivity (Wildman–Crippen MR) is 144 cm³/mol. The molecule has 0 radical (unpaired) electrons. The number of amides is 4. The Hall–Kier alpha value is -4.69. The summed E-state index contributed by atoms with van der Waals surface area (Å²) in [4.78, 5) is 43.0. The Balaban J connectivity index is 1.40. The quantitative estimate of drug-likeness (QED) is 0.268. The highest BCUT2D eigenvalue weighted by molar-refractivity contribution is 6.39. The van der Waals surface area contributed by atoms with Gasteiger partial charge in [-0.25, -0.2) is 9.69 Å². The van der Waals surface area contributed by atoms with Crippen molar-refractivity contribution >= 4 is 41.2 Å². The molecule has 8 nitrogen and oxygen atoms in total. The largest absolute Gasteiger partial charge is 0.489 e. The fraction of sp³-hybridized carbons (Fsp3) is 0.103. The Labute approximate surface area is 224 Å². The van der Waals surface area contributed by atoms with Crippen LogP contribution in [0.5, 0.6) is 5.75 Å². The van der Waals surface area contributed by atoms with E-state index in [4.69, 9.17) is 16.3 Å². The maximum Gasteiger partial charge on any atom is 0.336 e. The van der Waals surface area contributed by atoms with Gasteiger partial charge >= 0.3 is 6.03 Å². The monoisotopic (exact) mass is 526 g/mol. The third-order valence-corrected chi connectivity index (χ3v) is 6.59. The van der Waals surface area contributed by atoms with Crippen molar-refractivity contribution in [3.63, 3.8) is 0 Å². The molecule has 0 aliphatic carbocycles. The zero-order valence-corrected chi connectivity index (χ0v) is 21.4. The van der Waals surface area contributed by atoms with E-state index < -0.39 is 17.8 Å². The molecule has 0 bridgehead atoms. The van der Waals surface area contributed by atoms with Crippen LogP contribution in [0.1, 0.15) is 22.5 Å². The lowest BCUT2D eigenvalue weighted by atomic mass is 10.1. The second kappa shape index (κ2) is 10.4. The molecule has 0 atom stereocenters. The molecule has 5 rings (SSSR count). The van der Waals surface area contributed by atoms with E-state index in [1.54, 1.807) is 12.1 Å². The normalized spacial score (nSPS) is 14.7. The number of barbiturate groups is 1. The van der Waals surface area contributed by atoms with Crippen molar-refractivity contribution in [2.24, 2.45) is 0 Å². The summed E-state index contributed by atoms with van der Waals surface area (Å²) in [6.45, 7) is 4.19. The summed E-state index contributed by atoms with van der Waals surface area (Å²) in [5.41, 5.74) is 4.33. The Bertz CT molecular complexity index is 1580. The smallest absolute Gasteiger partial charge is 0.336 e. The molecular formula is C29H23ClN4O4. The van der Waals surface area contributed by atoms with Crippen LogP contribution >= 0.6 is 11.6 Å². The van der Waals surface area contributed by atoms with Gasteiger partial charge in [0.05, 0.1) is 11.9 Å². The molecule has 1 N–H and O–H groups in total. The van der Waals surface area contributed by atoms with Gasteiger partial charge in [0.25, 0.3) is 11.8 Å². The minimum absolute atomic E-state index is 0.142. The average Bonchev–Trinajstić information content (AvgIpc) is 3.19. The van der Waals surface area contributed by atoms with Gasteiger partial charge < -0.3 is 9.30 Å². The molecule has 0 unspecified atom stereocenters. The molecule has 1 saturated heterocycles. The molecule has 0 saturated carbocycles. The topological polar surface area (TPSA) is 93.5 Å². The number of aryl methyl sites for hydroxylation is 1. The Morgan fingerprint density at radius 1 is 0.974 bits per heavy atom. The van der Waals surface area contributed by atoms with Gasteiger partial charge in [-0.2, -0.15) is 0 Å².